The van der Waals surface area contributed by atoms with E-state index in [4.69, 9.17) is 0 Å². The lowest BCUT2D eigenvalue weighted by atomic mass is 9.87. The maximum Gasteiger partial charge on any atom is 0.251 e. The third-order valence-electron chi connectivity index (χ3n) is 4.54. The average Bonchev–Trinajstić information content (AvgIpc) is 3.16. The molecule has 0 aromatic carbocycles. The number of nitrogens with one attached hydrogen (secondary N) is 1. The van der Waals surface area contributed by atoms with Gasteiger partial charge in [0.15, 0.2) is 0 Å². The van der Waals surface area contributed by atoms with Gasteiger partial charge >= 0.3 is 0 Å². The van der Waals surface area contributed by atoms with Gasteiger partial charge < -0.3 is 10.2 Å². The summed E-state index contributed by atoms with van der Waals surface area (Å²) in [4.78, 5) is 23.3. The fourth-order valence-corrected chi connectivity index (χ4v) is 3.08. The number of carbonyl (C=O) groups is 1. The molecule has 6 nitrogen and oxygen atoms in total. The number of likely N-dealkylation sites (N-methyl/N-ethyl adjacent to an activating group) is 1. The smallest absolute Gasteiger partial charge is 0.251 e. The van der Waals surface area contributed by atoms with Crippen molar-refractivity contribution >= 4 is 5.91 Å². The second-order valence-corrected chi connectivity index (χ2v) is 6.72. The van der Waals surface area contributed by atoms with Crippen LogP contribution >= 0.6 is 0 Å². The number of imidazole rings is 1. The molecular weight excluding hydrogens is 290 g/mol. The molecule has 122 valence electrons. The highest BCUT2D eigenvalue weighted by molar-refractivity contribution is 5.94. The SMILES string of the molecule is CCN1CC(NC(=O)c2ccnc(-n3ccnc3)c2)C(C)(C)C1. The van der Waals surface area contributed by atoms with Gasteiger partial charge in [0.2, 0.25) is 0 Å². The molecule has 1 N–H and O–H groups in total. The van der Waals surface area contributed by atoms with Crippen LogP contribution in [0.4, 0.5) is 0 Å². The van der Waals surface area contributed by atoms with Crippen molar-refractivity contribution in [1.29, 1.82) is 0 Å². The number of amides is 1. The number of aromatic nitrogens is 3. The van der Waals surface area contributed by atoms with Gasteiger partial charge in [0.25, 0.3) is 5.91 Å². The van der Waals surface area contributed by atoms with E-state index in [1.807, 2.05) is 6.20 Å². The first-order chi connectivity index (χ1) is 11.0. The molecule has 1 unspecified atom stereocenters. The predicted octanol–water partition coefficient (Wildman–Crippen LogP) is 1.73. The topological polar surface area (TPSA) is 63.1 Å². The van der Waals surface area contributed by atoms with Crippen molar-refractivity contribution < 1.29 is 4.79 Å². The van der Waals surface area contributed by atoms with Crippen molar-refractivity contribution in [2.24, 2.45) is 5.41 Å². The van der Waals surface area contributed by atoms with Gasteiger partial charge in [0.1, 0.15) is 12.1 Å². The quantitative estimate of drug-likeness (QED) is 0.934. The van der Waals surface area contributed by atoms with E-state index < -0.39 is 0 Å². The summed E-state index contributed by atoms with van der Waals surface area (Å²) >= 11 is 0. The number of likely N-dealkylation sites (tertiary alicyclic amines) is 1. The Balaban J connectivity index is 1.75. The summed E-state index contributed by atoms with van der Waals surface area (Å²) in [7, 11) is 0. The van der Waals surface area contributed by atoms with Crippen LogP contribution in [0.3, 0.4) is 0 Å². The molecule has 0 radical (unpaired) electrons. The Morgan fingerprint density at radius 1 is 1.43 bits per heavy atom. The van der Waals surface area contributed by atoms with E-state index in [-0.39, 0.29) is 17.4 Å². The second kappa shape index (κ2) is 6.12. The van der Waals surface area contributed by atoms with Gasteiger partial charge in [-0.05, 0) is 24.1 Å². The lowest BCUT2D eigenvalue weighted by molar-refractivity contribution is 0.0916. The molecule has 3 rings (SSSR count). The van der Waals surface area contributed by atoms with Crippen molar-refractivity contribution in [3.05, 3.63) is 42.6 Å². The summed E-state index contributed by atoms with van der Waals surface area (Å²) in [5.41, 5.74) is 0.695. The van der Waals surface area contributed by atoms with Gasteiger partial charge in [-0.2, -0.15) is 0 Å². The Hall–Kier alpha value is -2.21. The van der Waals surface area contributed by atoms with Gasteiger partial charge in [0.05, 0.1) is 0 Å². The highest BCUT2D eigenvalue weighted by Crippen LogP contribution is 2.29. The van der Waals surface area contributed by atoms with Gasteiger partial charge in [0, 0.05) is 43.3 Å². The molecule has 1 amide bonds. The van der Waals surface area contributed by atoms with Crippen LogP contribution < -0.4 is 5.32 Å². The minimum Gasteiger partial charge on any atom is -0.347 e. The number of pyridine rings is 1. The van der Waals surface area contributed by atoms with Crippen LogP contribution in [0.15, 0.2) is 37.1 Å². The molecule has 23 heavy (non-hydrogen) atoms. The molecule has 2 aromatic heterocycles. The van der Waals surface area contributed by atoms with Crippen LogP contribution in [-0.4, -0.2) is 51.0 Å². The molecule has 1 aliphatic rings. The minimum atomic E-state index is -0.0511. The number of hydrogen-bond donors (Lipinski definition) is 1. The van der Waals surface area contributed by atoms with Crippen LogP contribution in [0.2, 0.25) is 0 Å². The fourth-order valence-electron chi connectivity index (χ4n) is 3.08. The fraction of sp³-hybridized carbons (Fsp3) is 0.471. The molecule has 0 spiro atoms. The zero-order valence-corrected chi connectivity index (χ0v) is 13.9. The van der Waals surface area contributed by atoms with Crippen LogP contribution in [0.1, 0.15) is 31.1 Å². The zero-order chi connectivity index (χ0) is 16.4. The number of hydrogen-bond acceptors (Lipinski definition) is 4. The van der Waals surface area contributed by atoms with Crippen molar-refractivity contribution in [1.82, 2.24) is 24.8 Å². The van der Waals surface area contributed by atoms with E-state index in [1.165, 1.54) is 0 Å². The number of nitrogens with zero attached hydrogens (tertiary/aromatic N) is 4. The third-order valence-corrected chi connectivity index (χ3v) is 4.54. The van der Waals surface area contributed by atoms with Crippen LogP contribution in [-0.2, 0) is 0 Å². The Morgan fingerprint density at radius 2 is 2.26 bits per heavy atom. The maximum atomic E-state index is 12.6. The molecule has 1 saturated heterocycles. The molecule has 1 aliphatic heterocycles. The van der Waals surface area contributed by atoms with E-state index in [2.05, 4.69) is 41.0 Å². The summed E-state index contributed by atoms with van der Waals surface area (Å²) in [6, 6.07) is 3.69. The van der Waals surface area contributed by atoms with E-state index in [1.54, 1.807) is 35.4 Å². The molecule has 3 heterocycles. The molecule has 0 saturated carbocycles. The number of carbonyl (C=O) groups excluding carboxylic acids is 1. The largest absolute Gasteiger partial charge is 0.347 e. The van der Waals surface area contributed by atoms with Gasteiger partial charge in [-0.1, -0.05) is 20.8 Å². The first-order valence-corrected chi connectivity index (χ1v) is 7.97. The Labute approximate surface area is 136 Å². The van der Waals surface area contributed by atoms with Crippen molar-refractivity contribution in [3.8, 4) is 5.82 Å². The lowest BCUT2D eigenvalue weighted by Gasteiger charge is -2.26. The highest BCUT2D eigenvalue weighted by atomic mass is 16.1. The monoisotopic (exact) mass is 313 g/mol. The maximum absolute atomic E-state index is 12.6. The average molecular weight is 313 g/mol. The summed E-state index contributed by atoms with van der Waals surface area (Å²) in [5, 5.41) is 3.19. The normalized spacial score (nSPS) is 20.6. The van der Waals surface area contributed by atoms with Gasteiger partial charge in [-0.3, -0.25) is 9.36 Å². The van der Waals surface area contributed by atoms with Crippen LogP contribution in [0, 0.1) is 5.41 Å². The third kappa shape index (κ3) is 3.27. The van der Waals surface area contributed by atoms with E-state index in [0.29, 0.717) is 11.4 Å². The molecule has 6 heteroatoms. The lowest BCUT2D eigenvalue weighted by Crippen LogP contribution is -2.44. The standard InChI is InChI=1S/C17H23N5O/c1-4-21-10-14(17(2,3)11-21)20-16(23)13-5-6-19-15(9-13)22-8-7-18-12-22/h5-9,12,14H,4,10-11H2,1-3H3,(H,20,23). The molecule has 1 fully saturated rings. The zero-order valence-electron chi connectivity index (χ0n) is 13.9. The summed E-state index contributed by atoms with van der Waals surface area (Å²) in [6.07, 6.45) is 6.82. The van der Waals surface area contributed by atoms with Crippen molar-refractivity contribution in [2.45, 2.75) is 26.8 Å². The van der Waals surface area contributed by atoms with E-state index in [9.17, 15) is 4.79 Å². The van der Waals surface area contributed by atoms with Gasteiger partial charge in [-0.15, -0.1) is 0 Å². The Bertz CT molecular complexity index is 680. The summed E-state index contributed by atoms with van der Waals surface area (Å²) in [6.45, 7) is 9.48. The molecule has 1 atom stereocenters. The second-order valence-electron chi connectivity index (χ2n) is 6.72. The van der Waals surface area contributed by atoms with E-state index >= 15 is 0 Å². The van der Waals surface area contributed by atoms with Crippen molar-refractivity contribution in [2.75, 3.05) is 19.6 Å². The first kappa shape index (κ1) is 15.7. The predicted molar refractivity (Wildman–Crippen MR) is 88.5 cm³/mol. The molecule has 0 aliphatic carbocycles. The van der Waals surface area contributed by atoms with Crippen molar-refractivity contribution in [3.63, 3.8) is 0 Å². The molecule has 2 aromatic rings. The minimum absolute atomic E-state index is 0.0511. The van der Waals surface area contributed by atoms with Crippen LogP contribution in [0.5, 0.6) is 0 Å². The Kier molecular flexibility index (Phi) is 4.17. The summed E-state index contributed by atoms with van der Waals surface area (Å²) in [5.74, 6) is 0.640. The highest BCUT2D eigenvalue weighted by Gasteiger charge is 2.39. The van der Waals surface area contributed by atoms with Gasteiger partial charge in [-0.25, -0.2) is 9.97 Å². The Morgan fingerprint density at radius 3 is 2.91 bits per heavy atom. The first-order valence-electron chi connectivity index (χ1n) is 7.97. The number of rotatable bonds is 4. The summed E-state index contributed by atoms with van der Waals surface area (Å²) < 4.78 is 1.79. The molecular formula is C17H23N5O. The van der Waals surface area contributed by atoms with Crippen LogP contribution in [0.25, 0.3) is 5.82 Å². The van der Waals surface area contributed by atoms with E-state index in [0.717, 1.165) is 19.6 Å². The molecule has 0 bridgehead atoms.